The molecule has 0 aromatic heterocycles. The van der Waals surface area contributed by atoms with E-state index in [2.05, 4.69) is 5.32 Å². The molecule has 1 aliphatic heterocycles. The van der Waals surface area contributed by atoms with E-state index in [0.717, 1.165) is 0 Å². The molecule has 1 amide bonds. The SMILES string of the molecule is CN1CC(Nc2ccc(C(N)=S)cc2F)CCC1=O. The number of carbonyl (C=O) groups excluding carboxylic acids is 1. The molecular formula is C13H16FN3OS. The fraction of sp³-hybridized carbons (Fsp3) is 0.385. The highest BCUT2D eigenvalue weighted by Gasteiger charge is 2.23. The Kier molecular flexibility index (Phi) is 3.99. The second-order valence-electron chi connectivity index (χ2n) is 4.71. The van der Waals surface area contributed by atoms with Crippen LogP contribution in [0.5, 0.6) is 0 Å². The van der Waals surface area contributed by atoms with Crippen molar-refractivity contribution in [1.82, 2.24) is 4.90 Å². The maximum atomic E-state index is 13.9. The number of piperidine rings is 1. The number of halogens is 1. The van der Waals surface area contributed by atoms with Gasteiger partial charge in [0.25, 0.3) is 0 Å². The molecule has 102 valence electrons. The molecule has 0 bridgehead atoms. The molecule has 4 nitrogen and oxygen atoms in total. The van der Waals surface area contributed by atoms with Crippen LogP contribution in [0.2, 0.25) is 0 Å². The lowest BCUT2D eigenvalue weighted by atomic mass is 10.0. The number of likely N-dealkylation sites (N-methyl/N-ethyl adjacent to an activating group) is 1. The van der Waals surface area contributed by atoms with Crippen molar-refractivity contribution in [1.29, 1.82) is 0 Å². The van der Waals surface area contributed by atoms with Crippen LogP contribution < -0.4 is 11.1 Å². The van der Waals surface area contributed by atoms with E-state index in [9.17, 15) is 9.18 Å². The lowest BCUT2D eigenvalue weighted by Gasteiger charge is -2.30. The molecule has 1 saturated heterocycles. The number of likely N-dealkylation sites (tertiary alicyclic amines) is 1. The average molecular weight is 281 g/mol. The molecule has 3 N–H and O–H groups in total. The van der Waals surface area contributed by atoms with E-state index >= 15 is 0 Å². The Hall–Kier alpha value is -1.69. The van der Waals surface area contributed by atoms with Crippen LogP contribution in [0.3, 0.4) is 0 Å². The van der Waals surface area contributed by atoms with Crippen molar-refractivity contribution in [2.75, 3.05) is 18.9 Å². The van der Waals surface area contributed by atoms with Gasteiger partial charge in [-0.1, -0.05) is 12.2 Å². The summed E-state index contributed by atoms with van der Waals surface area (Å²) in [5.41, 5.74) is 6.37. The first-order valence-corrected chi connectivity index (χ1v) is 6.48. The minimum absolute atomic E-state index is 0.0629. The maximum Gasteiger partial charge on any atom is 0.222 e. The first-order chi connectivity index (χ1) is 8.97. The van der Waals surface area contributed by atoms with Crippen LogP contribution in [-0.2, 0) is 4.79 Å². The van der Waals surface area contributed by atoms with Gasteiger partial charge in [-0.2, -0.15) is 0 Å². The molecule has 1 aromatic rings. The van der Waals surface area contributed by atoms with Crippen LogP contribution >= 0.6 is 12.2 Å². The predicted molar refractivity (Wildman–Crippen MR) is 76.6 cm³/mol. The van der Waals surface area contributed by atoms with E-state index in [1.54, 1.807) is 24.1 Å². The number of anilines is 1. The van der Waals surface area contributed by atoms with Gasteiger partial charge in [0.2, 0.25) is 5.91 Å². The second-order valence-corrected chi connectivity index (χ2v) is 5.15. The number of hydrogen-bond acceptors (Lipinski definition) is 3. The molecule has 1 fully saturated rings. The van der Waals surface area contributed by atoms with Crippen LogP contribution in [0.15, 0.2) is 18.2 Å². The zero-order chi connectivity index (χ0) is 14.0. The third-order valence-electron chi connectivity index (χ3n) is 3.24. The number of hydrogen-bond donors (Lipinski definition) is 2. The highest BCUT2D eigenvalue weighted by molar-refractivity contribution is 7.80. The van der Waals surface area contributed by atoms with Gasteiger partial charge in [0.15, 0.2) is 0 Å². The van der Waals surface area contributed by atoms with Gasteiger partial charge < -0.3 is 16.0 Å². The minimum atomic E-state index is -0.384. The number of nitrogens with one attached hydrogen (secondary N) is 1. The van der Waals surface area contributed by atoms with Crippen LogP contribution in [0.1, 0.15) is 18.4 Å². The van der Waals surface area contributed by atoms with Gasteiger partial charge in [0.1, 0.15) is 10.8 Å². The molecule has 19 heavy (non-hydrogen) atoms. The molecule has 0 saturated carbocycles. The Bertz CT molecular complexity index is 521. The van der Waals surface area contributed by atoms with Crippen molar-refractivity contribution in [3.05, 3.63) is 29.6 Å². The fourth-order valence-electron chi connectivity index (χ4n) is 2.14. The smallest absolute Gasteiger partial charge is 0.222 e. The zero-order valence-electron chi connectivity index (χ0n) is 10.6. The van der Waals surface area contributed by atoms with Gasteiger partial charge in [-0.3, -0.25) is 4.79 Å². The van der Waals surface area contributed by atoms with E-state index < -0.39 is 0 Å². The summed E-state index contributed by atoms with van der Waals surface area (Å²) in [5, 5.41) is 3.11. The van der Waals surface area contributed by atoms with Crippen LogP contribution in [0.25, 0.3) is 0 Å². The van der Waals surface area contributed by atoms with Crippen molar-refractivity contribution in [3.63, 3.8) is 0 Å². The number of nitrogens with zero attached hydrogens (tertiary/aromatic N) is 1. The van der Waals surface area contributed by atoms with E-state index in [1.165, 1.54) is 6.07 Å². The van der Waals surface area contributed by atoms with Crippen molar-refractivity contribution >= 4 is 28.8 Å². The highest BCUT2D eigenvalue weighted by atomic mass is 32.1. The molecule has 1 heterocycles. The number of rotatable bonds is 3. The molecule has 1 atom stereocenters. The summed E-state index contributed by atoms with van der Waals surface area (Å²) >= 11 is 4.80. The van der Waals surface area contributed by atoms with E-state index in [0.29, 0.717) is 30.6 Å². The number of carbonyl (C=O) groups is 1. The molecule has 0 spiro atoms. The van der Waals surface area contributed by atoms with E-state index in [4.69, 9.17) is 18.0 Å². The van der Waals surface area contributed by atoms with Crippen LogP contribution in [0.4, 0.5) is 10.1 Å². The molecule has 6 heteroatoms. The largest absolute Gasteiger partial charge is 0.389 e. The summed E-state index contributed by atoms with van der Waals surface area (Å²) in [6.45, 7) is 0.579. The number of amides is 1. The standard InChI is InChI=1S/C13H16FN3OS/c1-17-7-9(3-5-12(17)18)16-11-4-2-8(13(15)19)6-10(11)14/h2,4,6,9,16H,3,5,7H2,1H3,(H2,15,19). The van der Waals surface area contributed by atoms with Gasteiger partial charge in [0.05, 0.1) is 5.69 Å². The van der Waals surface area contributed by atoms with E-state index in [-0.39, 0.29) is 22.8 Å². The summed E-state index contributed by atoms with van der Waals surface area (Å²) in [6.07, 6.45) is 1.19. The van der Waals surface area contributed by atoms with Gasteiger partial charge in [-0.05, 0) is 24.6 Å². The molecule has 0 aliphatic carbocycles. The summed E-state index contributed by atoms with van der Waals surface area (Å²) in [4.78, 5) is 13.2. The van der Waals surface area contributed by atoms with Crippen LogP contribution in [0, 0.1) is 5.82 Å². The predicted octanol–water partition coefficient (Wildman–Crippen LogP) is 1.49. The summed E-state index contributed by atoms with van der Waals surface area (Å²) in [6, 6.07) is 4.70. The Morgan fingerprint density at radius 2 is 2.32 bits per heavy atom. The Balaban J connectivity index is 2.07. The van der Waals surface area contributed by atoms with E-state index in [1.807, 2.05) is 0 Å². The number of thiocarbonyl (C=S) groups is 1. The van der Waals surface area contributed by atoms with Crippen molar-refractivity contribution < 1.29 is 9.18 Å². The van der Waals surface area contributed by atoms with Crippen molar-refractivity contribution in [3.8, 4) is 0 Å². The molecular weight excluding hydrogens is 265 g/mol. The molecule has 1 unspecified atom stereocenters. The fourth-order valence-corrected chi connectivity index (χ4v) is 2.26. The lowest BCUT2D eigenvalue weighted by Crippen LogP contribution is -2.43. The normalized spacial score (nSPS) is 19.4. The van der Waals surface area contributed by atoms with Gasteiger partial charge >= 0.3 is 0 Å². The van der Waals surface area contributed by atoms with Crippen LogP contribution in [-0.4, -0.2) is 35.4 Å². The van der Waals surface area contributed by atoms with Crippen molar-refractivity contribution in [2.45, 2.75) is 18.9 Å². The highest BCUT2D eigenvalue weighted by Crippen LogP contribution is 2.20. The molecule has 2 rings (SSSR count). The topological polar surface area (TPSA) is 58.4 Å². The summed E-state index contributed by atoms with van der Waals surface area (Å²) in [7, 11) is 1.75. The van der Waals surface area contributed by atoms with Crippen molar-refractivity contribution in [2.24, 2.45) is 5.73 Å². The third kappa shape index (κ3) is 3.20. The Morgan fingerprint density at radius 3 is 2.89 bits per heavy atom. The zero-order valence-corrected chi connectivity index (χ0v) is 11.5. The summed E-state index contributed by atoms with van der Waals surface area (Å²) in [5.74, 6) is -0.257. The molecule has 0 radical (unpaired) electrons. The number of benzene rings is 1. The third-order valence-corrected chi connectivity index (χ3v) is 3.48. The quantitative estimate of drug-likeness (QED) is 0.824. The maximum absolute atomic E-state index is 13.9. The molecule has 1 aromatic carbocycles. The first kappa shape index (κ1) is 13.7. The Morgan fingerprint density at radius 1 is 1.58 bits per heavy atom. The lowest BCUT2D eigenvalue weighted by molar-refractivity contribution is -0.132. The average Bonchev–Trinajstić information content (AvgIpc) is 2.36. The summed E-state index contributed by atoms with van der Waals surface area (Å²) < 4.78 is 13.9. The monoisotopic (exact) mass is 281 g/mol. The number of nitrogens with two attached hydrogens (primary N) is 1. The Labute approximate surface area is 116 Å². The minimum Gasteiger partial charge on any atom is -0.389 e. The molecule has 1 aliphatic rings. The van der Waals surface area contributed by atoms with Gasteiger partial charge in [0, 0.05) is 31.6 Å². The van der Waals surface area contributed by atoms with Gasteiger partial charge in [-0.25, -0.2) is 4.39 Å². The van der Waals surface area contributed by atoms with Gasteiger partial charge in [-0.15, -0.1) is 0 Å². The first-order valence-electron chi connectivity index (χ1n) is 6.07. The second kappa shape index (κ2) is 5.52.